The van der Waals surface area contributed by atoms with Gasteiger partial charge in [0.05, 0.1) is 36.6 Å². The largest absolute Gasteiger partial charge is 0.392 e. The maximum Gasteiger partial charge on any atom is 0.211 e. The van der Waals surface area contributed by atoms with Crippen LogP contribution in [0.4, 0.5) is 0 Å². The normalized spacial score (nSPS) is 30.0. The monoisotopic (exact) mass is 373 g/mol. The fraction of sp³-hybridized carbons (Fsp3) is 0.526. The van der Waals surface area contributed by atoms with Gasteiger partial charge in [0.2, 0.25) is 10.0 Å². The second kappa shape index (κ2) is 5.41. The maximum atomic E-state index is 11.8. The van der Waals surface area contributed by atoms with Crippen LogP contribution in [0.1, 0.15) is 30.9 Å². The van der Waals surface area contributed by atoms with Crippen molar-refractivity contribution in [2.24, 2.45) is 11.3 Å². The van der Waals surface area contributed by atoms with Gasteiger partial charge in [0, 0.05) is 24.6 Å². The molecule has 6 nitrogen and oxygen atoms in total. The van der Waals surface area contributed by atoms with Crippen molar-refractivity contribution in [3.8, 4) is 11.3 Å². The Kier molecular flexibility index (Phi) is 3.42. The van der Waals surface area contributed by atoms with Crippen molar-refractivity contribution >= 4 is 10.0 Å². The first-order chi connectivity index (χ1) is 12.4. The first-order valence-corrected chi connectivity index (χ1v) is 11.0. The van der Waals surface area contributed by atoms with Crippen molar-refractivity contribution in [1.82, 2.24) is 13.9 Å². The van der Waals surface area contributed by atoms with Crippen LogP contribution in [0.25, 0.3) is 11.3 Å². The van der Waals surface area contributed by atoms with E-state index in [0.29, 0.717) is 13.1 Å². The standard InChI is InChI=1S/C19H23N3O3S/c1-26(24,25)21-8-6-19(7-9-21)10-15(18(19)23)17-14-5-3-2-4-13(14)16-11-20-12-22(16)17/h2-5,11-12,15,17-18,23H,6-10H2,1H3. The molecule has 1 spiro atoms. The molecule has 138 valence electrons. The van der Waals surface area contributed by atoms with Crippen LogP contribution in [0.5, 0.6) is 0 Å². The smallest absolute Gasteiger partial charge is 0.211 e. The third-order valence-electron chi connectivity index (χ3n) is 6.79. The molecule has 1 aliphatic carbocycles. The van der Waals surface area contributed by atoms with Crippen molar-refractivity contribution < 1.29 is 13.5 Å². The van der Waals surface area contributed by atoms with Crippen LogP contribution in [0.15, 0.2) is 36.8 Å². The van der Waals surface area contributed by atoms with E-state index in [9.17, 15) is 13.5 Å². The van der Waals surface area contributed by atoms with Crippen LogP contribution < -0.4 is 0 Å². The van der Waals surface area contributed by atoms with Crippen LogP contribution in [-0.4, -0.2) is 52.8 Å². The van der Waals surface area contributed by atoms with E-state index in [1.54, 1.807) is 0 Å². The third-order valence-corrected chi connectivity index (χ3v) is 8.09. The number of aliphatic hydroxyl groups excluding tert-OH is 1. The predicted octanol–water partition coefficient (Wildman–Crippen LogP) is 1.88. The molecule has 26 heavy (non-hydrogen) atoms. The minimum Gasteiger partial charge on any atom is -0.392 e. The van der Waals surface area contributed by atoms with E-state index >= 15 is 0 Å². The first kappa shape index (κ1) is 16.5. The van der Waals surface area contributed by atoms with Crippen LogP contribution in [-0.2, 0) is 10.0 Å². The van der Waals surface area contributed by atoms with Gasteiger partial charge < -0.3 is 9.67 Å². The van der Waals surface area contributed by atoms with E-state index in [4.69, 9.17) is 0 Å². The van der Waals surface area contributed by atoms with Crippen LogP contribution in [0.3, 0.4) is 0 Å². The molecule has 2 fully saturated rings. The first-order valence-electron chi connectivity index (χ1n) is 9.15. The summed E-state index contributed by atoms with van der Waals surface area (Å²) in [5.74, 6) is 0.149. The molecule has 2 aromatic rings. The molecule has 7 heteroatoms. The van der Waals surface area contributed by atoms with Crippen molar-refractivity contribution in [2.45, 2.75) is 31.4 Å². The number of fused-ring (bicyclic) bond motifs is 3. The molecule has 0 radical (unpaired) electrons. The zero-order valence-corrected chi connectivity index (χ0v) is 15.6. The van der Waals surface area contributed by atoms with E-state index in [1.165, 1.54) is 21.7 Å². The summed E-state index contributed by atoms with van der Waals surface area (Å²) in [5.41, 5.74) is 3.45. The highest BCUT2D eigenvalue weighted by Gasteiger charge is 2.58. The van der Waals surface area contributed by atoms with Gasteiger partial charge in [-0.2, -0.15) is 0 Å². The third kappa shape index (κ3) is 2.17. The van der Waals surface area contributed by atoms with Crippen molar-refractivity contribution in [3.05, 3.63) is 42.4 Å². The summed E-state index contributed by atoms with van der Waals surface area (Å²) < 4.78 is 27.2. The van der Waals surface area contributed by atoms with Gasteiger partial charge in [-0.3, -0.25) is 0 Å². The maximum absolute atomic E-state index is 11.8. The van der Waals surface area contributed by atoms with Crippen molar-refractivity contribution in [2.75, 3.05) is 19.3 Å². The lowest BCUT2D eigenvalue weighted by Crippen LogP contribution is -2.59. The number of benzene rings is 1. The predicted molar refractivity (Wildman–Crippen MR) is 98.0 cm³/mol. The molecule has 3 atom stereocenters. The molecule has 3 aliphatic rings. The average molecular weight is 373 g/mol. The Bertz CT molecular complexity index is 960. The number of sulfonamides is 1. The summed E-state index contributed by atoms with van der Waals surface area (Å²) in [6.45, 7) is 1.03. The molecule has 3 unspecified atom stereocenters. The number of rotatable bonds is 2. The van der Waals surface area contributed by atoms with Gasteiger partial charge in [-0.1, -0.05) is 24.3 Å². The van der Waals surface area contributed by atoms with Crippen LogP contribution in [0.2, 0.25) is 0 Å². The number of aromatic nitrogens is 2. The zero-order valence-electron chi connectivity index (χ0n) is 14.7. The van der Waals surface area contributed by atoms with Gasteiger partial charge in [-0.25, -0.2) is 17.7 Å². The highest BCUT2D eigenvalue weighted by Crippen LogP contribution is 2.59. The lowest BCUT2D eigenvalue weighted by atomic mass is 9.53. The topological polar surface area (TPSA) is 75.4 Å². The quantitative estimate of drug-likeness (QED) is 0.872. The van der Waals surface area contributed by atoms with Gasteiger partial charge in [0.25, 0.3) is 0 Å². The summed E-state index contributed by atoms with van der Waals surface area (Å²) in [4.78, 5) is 4.31. The van der Waals surface area contributed by atoms with Crippen molar-refractivity contribution in [3.63, 3.8) is 0 Å². The molecule has 1 aromatic heterocycles. The minimum atomic E-state index is -3.14. The lowest BCUT2D eigenvalue weighted by Gasteiger charge is -2.57. The van der Waals surface area contributed by atoms with Gasteiger partial charge in [0.15, 0.2) is 0 Å². The SMILES string of the molecule is CS(=O)(=O)N1CCC2(CC1)CC(C1c3ccccc3-c3cncn31)C2O. The number of nitrogens with zero attached hydrogens (tertiary/aromatic N) is 3. The highest BCUT2D eigenvalue weighted by atomic mass is 32.2. The molecule has 3 heterocycles. The van der Waals surface area contributed by atoms with E-state index in [2.05, 4.69) is 27.8 Å². The molecule has 1 aromatic carbocycles. The van der Waals surface area contributed by atoms with E-state index in [1.807, 2.05) is 18.6 Å². The highest BCUT2D eigenvalue weighted by molar-refractivity contribution is 7.88. The van der Waals surface area contributed by atoms with E-state index in [-0.39, 0.29) is 17.4 Å². The summed E-state index contributed by atoms with van der Waals surface area (Å²) in [6, 6.07) is 8.48. The van der Waals surface area contributed by atoms with Crippen molar-refractivity contribution in [1.29, 1.82) is 0 Å². The fourth-order valence-corrected chi connectivity index (χ4v) is 6.20. The van der Waals surface area contributed by atoms with Crippen LogP contribution in [0, 0.1) is 11.3 Å². The van der Waals surface area contributed by atoms with Gasteiger partial charge in [0.1, 0.15) is 0 Å². The Morgan fingerprint density at radius 1 is 1.23 bits per heavy atom. The Balaban J connectivity index is 1.40. The van der Waals surface area contributed by atoms with Gasteiger partial charge >= 0.3 is 0 Å². The molecule has 1 saturated heterocycles. The number of piperidine rings is 1. The molecule has 1 saturated carbocycles. The molecule has 2 aliphatic heterocycles. The lowest BCUT2D eigenvalue weighted by molar-refractivity contribution is -0.152. The Hall–Kier alpha value is -1.70. The van der Waals surface area contributed by atoms with E-state index < -0.39 is 16.1 Å². The van der Waals surface area contributed by atoms with Gasteiger partial charge in [-0.05, 0) is 30.2 Å². The summed E-state index contributed by atoms with van der Waals surface area (Å²) in [7, 11) is -3.14. The van der Waals surface area contributed by atoms with Crippen LogP contribution >= 0.6 is 0 Å². The minimum absolute atomic E-state index is 0.122. The fourth-order valence-electron chi connectivity index (χ4n) is 5.35. The molecule has 0 amide bonds. The Morgan fingerprint density at radius 2 is 1.96 bits per heavy atom. The molecule has 0 bridgehead atoms. The Morgan fingerprint density at radius 3 is 2.65 bits per heavy atom. The molecular formula is C19H23N3O3S. The van der Waals surface area contributed by atoms with Gasteiger partial charge in [-0.15, -0.1) is 0 Å². The summed E-state index contributed by atoms with van der Waals surface area (Å²) in [6.07, 6.45) is 7.03. The molecule has 1 N–H and O–H groups in total. The number of hydrogen-bond donors (Lipinski definition) is 1. The second-order valence-electron chi connectivity index (χ2n) is 8.06. The summed E-state index contributed by atoms with van der Waals surface area (Å²) in [5, 5.41) is 11.1. The zero-order chi connectivity index (χ0) is 18.1. The molecular weight excluding hydrogens is 350 g/mol. The second-order valence-corrected chi connectivity index (χ2v) is 10.0. The number of imidazole rings is 1. The summed E-state index contributed by atoms with van der Waals surface area (Å²) >= 11 is 0. The average Bonchev–Trinajstić information content (AvgIpc) is 3.20. The molecule has 5 rings (SSSR count). The number of aliphatic hydroxyl groups is 1. The number of hydrogen-bond acceptors (Lipinski definition) is 4. The Labute approximate surface area is 153 Å². The van der Waals surface area contributed by atoms with E-state index in [0.717, 1.165) is 25.0 Å².